The first kappa shape index (κ1) is 13.5. The van der Waals surface area contributed by atoms with Gasteiger partial charge in [0.1, 0.15) is 5.01 Å². The van der Waals surface area contributed by atoms with Gasteiger partial charge in [0.15, 0.2) is 0 Å². The van der Waals surface area contributed by atoms with Gasteiger partial charge in [0.2, 0.25) is 0 Å². The zero-order valence-corrected chi connectivity index (χ0v) is 12.9. The second kappa shape index (κ2) is 5.90. The van der Waals surface area contributed by atoms with E-state index in [1.165, 1.54) is 42.9 Å². The van der Waals surface area contributed by atoms with Crippen molar-refractivity contribution in [3.05, 3.63) is 16.1 Å². The third kappa shape index (κ3) is 3.77. The molecule has 0 spiro atoms. The maximum atomic E-state index is 4.77. The Morgan fingerprint density at radius 1 is 1.37 bits per heavy atom. The second-order valence-electron chi connectivity index (χ2n) is 6.34. The van der Waals surface area contributed by atoms with E-state index in [4.69, 9.17) is 4.98 Å². The van der Waals surface area contributed by atoms with Crippen molar-refractivity contribution in [3.8, 4) is 0 Å². The van der Waals surface area contributed by atoms with Gasteiger partial charge in [-0.2, -0.15) is 0 Å². The van der Waals surface area contributed by atoms with Gasteiger partial charge >= 0.3 is 0 Å². The van der Waals surface area contributed by atoms with Crippen molar-refractivity contribution in [3.63, 3.8) is 0 Å². The van der Waals surface area contributed by atoms with E-state index in [9.17, 15) is 0 Å². The first-order valence-corrected chi connectivity index (χ1v) is 8.49. The lowest BCUT2D eigenvalue weighted by molar-refractivity contribution is 0.121. The molecule has 1 N–H and O–H groups in total. The molecule has 0 aromatic carbocycles. The van der Waals surface area contributed by atoms with E-state index in [1.807, 2.05) is 11.3 Å². The highest BCUT2D eigenvalue weighted by atomic mass is 32.1. The predicted octanol–water partition coefficient (Wildman–Crippen LogP) is 3.02. The molecule has 2 heterocycles. The number of likely N-dealkylation sites (tertiary alicyclic amines) is 1. The van der Waals surface area contributed by atoms with Gasteiger partial charge in [-0.15, -0.1) is 11.3 Å². The van der Waals surface area contributed by atoms with Gasteiger partial charge < -0.3 is 5.32 Å². The van der Waals surface area contributed by atoms with Crippen LogP contribution in [0.15, 0.2) is 5.38 Å². The molecule has 1 aromatic heterocycles. The molecule has 1 aromatic rings. The van der Waals surface area contributed by atoms with E-state index in [1.54, 1.807) is 0 Å². The first-order chi connectivity index (χ1) is 9.20. The highest BCUT2D eigenvalue weighted by Gasteiger charge is 2.24. The molecule has 1 aliphatic carbocycles. The number of nitrogens with zero attached hydrogens (tertiary/aromatic N) is 2. The van der Waals surface area contributed by atoms with Crippen LogP contribution >= 0.6 is 11.3 Å². The quantitative estimate of drug-likeness (QED) is 0.898. The van der Waals surface area contributed by atoms with Crippen LogP contribution in [0.4, 0.5) is 0 Å². The van der Waals surface area contributed by atoms with Crippen molar-refractivity contribution in [1.29, 1.82) is 0 Å². The van der Waals surface area contributed by atoms with Crippen LogP contribution in [0, 0.1) is 5.92 Å². The number of nitrogens with one attached hydrogen (secondary N) is 1. The molecule has 3 nitrogen and oxygen atoms in total. The fourth-order valence-electron chi connectivity index (χ4n) is 2.92. The summed E-state index contributed by atoms with van der Waals surface area (Å²) in [5, 5.41) is 7.03. The summed E-state index contributed by atoms with van der Waals surface area (Å²) in [5.74, 6) is 0.889. The molecule has 0 amide bonds. The average molecular weight is 279 g/mol. The molecule has 0 radical (unpaired) electrons. The smallest absolute Gasteiger partial charge is 0.107 e. The van der Waals surface area contributed by atoms with Gasteiger partial charge in [-0.25, -0.2) is 4.98 Å². The Labute approximate surface area is 120 Å². The molecule has 1 aliphatic heterocycles. The number of piperidine rings is 1. The minimum atomic E-state index is 0.707. The summed E-state index contributed by atoms with van der Waals surface area (Å²) in [5.41, 5.74) is 1.26. The Hall–Kier alpha value is -0.450. The van der Waals surface area contributed by atoms with Crippen molar-refractivity contribution in [2.45, 2.75) is 64.7 Å². The molecule has 2 atom stereocenters. The van der Waals surface area contributed by atoms with Gasteiger partial charge in [0.05, 0.1) is 5.69 Å². The maximum Gasteiger partial charge on any atom is 0.107 e. The van der Waals surface area contributed by atoms with Crippen LogP contribution in [-0.2, 0) is 13.1 Å². The van der Waals surface area contributed by atoms with Crippen molar-refractivity contribution in [1.82, 2.24) is 15.2 Å². The Balaban J connectivity index is 1.51. The number of aromatic nitrogens is 1. The molecule has 19 heavy (non-hydrogen) atoms. The Bertz CT molecular complexity index is 413. The van der Waals surface area contributed by atoms with Crippen molar-refractivity contribution in [2.75, 3.05) is 6.54 Å². The SMILES string of the molecule is CC1CCN(Cc2csc(CNC3CC3)n2)C(C)C1. The molecule has 2 unspecified atom stereocenters. The van der Waals surface area contributed by atoms with Crippen LogP contribution in [0.3, 0.4) is 0 Å². The molecule has 1 saturated heterocycles. The topological polar surface area (TPSA) is 28.2 Å². The fraction of sp³-hybridized carbons (Fsp3) is 0.800. The Morgan fingerprint density at radius 3 is 2.95 bits per heavy atom. The maximum absolute atomic E-state index is 4.77. The molecule has 2 aliphatic rings. The predicted molar refractivity (Wildman–Crippen MR) is 80.2 cm³/mol. The minimum absolute atomic E-state index is 0.707. The first-order valence-electron chi connectivity index (χ1n) is 7.61. The summed E-state index contributed by atoms with van der Waals surface area (Å²) in [7, 11) is 0. The average Bonchev–Trinajstić information content (AvgIpc) is 3.10. The minimum Gasteiger partial charge on any atom is -0.308 e. The molecule has 1 saturated carbocycles. The van der Waals surface area contributed by atoms with E-state index >= 15 is 0 Å². The normalized spacial score (nSPS) is 28.7. The van der Waals surface area contributed by atoms with Gasteiger partial charge in [-0.3, -0.25) is 4.90 Å². The molecule has 4 heteroatoms. The van der Waals surface area contributed by atoms with Crippen molar-refractivity contribution >= 4 is 11.3 Å². The number of rotatable bonds is 5. The van der Waals surface area contributed by atoms with Crippen LogP contribution in [0.25, 0.3) is 0 Å². The zero-order chi connectivity index (χ0) is 13.2. The Morgan fingerprint density at radius 2 is 2.21 bits per heavy atom. The molecular formula is C15H25N3S. The van der Waals surface area contributed by atoms with Crippen LogP contribution in [0.5, 0.6) is 0 Å². The van der Waals surface area contributed by atoms with Crippen LogP contribution in [-0.4, -0.2) is 28.5 Å². The summed E-state index contributed by atoms with van der Waals surface area (Å²) in [4.78, 5) is 7.36. The molecular weight excluding hydrogens is 254 g/mol. The van der Waals surface area contributed by atoms with E-state index in [-0.39, 0.29) is 0 Å². The van der Waals surface area contributed by atoms with Crippen molar-refractivity contribution in [2.24, 2.45) is 5.92 Å². The van der Waals surface area contributed by atoms with Gasteiger partial charge in [0, 0.05) is 30.6 Å². The molecule has 0 bridgehead atoms. The number of thiazole rings is 1. The molecule has 3 rings (SSSR count). The van der Waals surface area contributed by atoms with Crippen LogP contribution in [0.1, 0.15) is 50.2 Å². The summed E-state index contributed by atoms with van der Waals surface area (Å²) in [6.07, 6.45) is 5.37. The summed E-state index contributed by atoms with van der Waals surface area (Å²) >= 11 is 1.81. The highest BCUT2D eigenvalue weighted by molar-refractivity contribution is 7.09. The number of hydrogen-bond donors (Lipinski definition) is 1. The standard InChI is InChI=1S/C15H25N3S/c1-11-5-6-18(12(2)7-11)9-14-10-19-15(17-14)8-16-13-3-4-13/h10-13,16H,3-9H2,1-2H3. The van der Waals surface area contributed by atoms with Gasteiger partial charge in [-0.1, -0.05) is 6.92 Å². The molecule has 106 valence electrons. The fourth-order valence-corrected chi connectivity index (χ4v) is 3.66. The van der Waals surface area contributed by atoms with Gasteiger partial charge in [-0.05, 0) is 45.1 Å². The third-order valence-corrected chi connectivity index (χ3v) is 5.26. The van der Waals surface area contributed by atoms with Crippen molar-refractivity contribution < 1.29 is 0 Å². The van der Waals surface area contributed by atoms with E-state index < -0.39 is 0 Å². The van der Waals surface area contributed by atoms with Crippen LogP contribution in [0.2, 0.25) is 0 Å². The molecule has 2 fully saturated rings. The monoisotopic (exact) mass is 279 g/mol. The second-order valence-corrected chi connectivity index (χ2v) is 7.28. The van der Waals surface area contributed by atoms with E-state index in [0.29, 0.717) is 6.04 Å². The lowest BCUT2D eigenvalue weighted by atomic mass is 9.93. The number of hydrogen-bond acceptors (Lipinski definition) is 4. The Kier molecular flexibility index (Phi) is 4.20. The van der Waals surface area contributed by atoms with E-state index in [2.05, 4.69) is 29.4 Å². The van der Waals surface area contributed by atoms with Gasteiger partial charge in [0.25, 0.3) is 0 Å². The lowest BCUT2D eigenvalue weighted by Crippen LogP contribution is -2.39. The van der Waals surface area contributed by atoms with Crippen LogP contribution < -0.4 is 5.32 Å². The zero-order valence-electron chi connectivity index (χ0n) is 12.1. The third-order valence-electron chi connectivity index (χ3n) is 4.36. The largest absolute Gasteiger partial charge is 0.308 e. The van der Waals surface area contributed by atoms with E-state index in [0.717, 1.165) is 25.0 Å². The summed E-state index contributed by atoms with van der Waals surface area (Å²) < 4.78 is 0. The highest BCUT2D eigenvalue weighted by Crippen LogP contribution is 2.24. The lowest BCUT2D eigenvalue weighted by Gasteiger charge is -2.36. The summed E-state index contributed by atoms with van der Waals surface area (Å²) in [6.45, 7) is 7.96. The summed E-state index contributed by atoms with van der Waals surface area (Å²) in [6, 6.07) is 1.48.